The van der Waals surface area contributed by atoms with Gasteiger partial charge in [-0.05, 0) is 65.1 Å². The quantitative estimate of drug-likeness (QED) is 0.466. The lowest BCUT2D eigenvalue weighted by Crippen LogP contribution is -2.46. The SMILES string of the molecule is COc1ccc2cc(CNC(=O)C(CCSC)NS(=O)(=O)c3ccccc3F)ccc2c1. The van der Waals surface area contributed by atoms with Crippen LogP contribution in [0.25, 0.3) is 10.8 Å². The lowest BCUT2D eigenvalue weighted by Gasteiger charge is -2.18. The highest BCUT2D eigenvalue weighted by atomic mass is 32.2. The van der Waals surface area contributed by atoms with Gasteiger partial charge in [-0.15, -0.1) is 0 Å². The topological polar surface area (TPSA) is 84.5 Å². The minimum absolute atomic E-state index is 0.234. The van der Waals surface area contributed by atoms with Crippen molar-refractivity contribution < 1.29 is 22.3 Å². The number of benzene rings is 3. The molecule has 0 radical (unpaired) electrons. The van der Waals surface area contributed by atoms with E-state index < -0.39 is 32.7 Å². The Hall–Kier alpha value is -2.62. The molecular formula is C23H25FN2O4S2. The Balaban J connectivity index is 1.72. The summed E-state index contributed by atoms with van der Waals surface area (Å²) in [4.78, 5) is 12.3. The molecule has 6 nitrogen and oxygen atoms in total. The number of hydrogen-bond acceptors (Lipinski definition) is 5. The van der Waals surface area contributed by atoms with Crippen LogP contribution in [0.5, 0.6) is 5.75 Å². The van der Waals surface area contributed by atoms with Crippen molar-refractivity contribution in [3.63, 3.8) is 0 Å². The smallest absolute Gasteiger partial charge is 0.244 e. The van der Waals surface area contributed by atoms with E-state index in [9.17, 15) is 17.6 Å². The molecule has 1 amide bonds. The van der Waals surface area contributed by atoms with Crippen molar-refractivity contribution in [3.05, 3.63) is 72.0 Å². The van der Waals surface area contributed by atoms with Crippen molar-refractivity contribution in [2.45, 2.75) is 23.9 Å². The predicted molar refractivity (Wildman–Crippen MR) is 126 cm³/mol. The molecular weight excluding hydrogens is 451 g/mol. The molecule has 3 rings (SSSR count). The van der Waals surface area contributed by atoms with E-state index in [2.05, 4.69) is 10.0 Å². The fraction of sp³-hybridized carbons (Fsp3) is 0.261. The molecule has 0 saturated carbocycles. The van der Waals surface area contributed by atoms with Crippen LogP contribution >= 0.6 is 11.8 Å². The van der Waals surface area contributed by atoms with Gasteiger partial charge >= 0.3 is 0 Å². The summed E-state index contributed by atoms with van der Waals surface area (Å²) < 4.78 is 46.9. The van der Waals surface area contributed by atoms with Gasteiger partial charge < -0.3 is 10.1 Å². The maximum absolute atomic E-state index is 14.0. The highest BCUT2D eigenvalue weighted by Crippen LogP contribution is 2.22. The van der Waals surface area contributed by atoms with Crippen LogP contribution in [0.3, 0.4) is 0 Å². The standard InChI is InChI=1S/C23H25FN2O4S2/c1-30-19-10-9-17-13-16(7-8-18(17)14-19)15-25-23(27)21(11-12-31-2)26-32(28,29)22-6-4-3-5-20(22)24/h3-10,13-14,21,26H,11-12,15H2,1-2H3,(H,25,27). The average Bonchev–Trinajstić information content (AvgIpc) is 2.79. The Kier molecular flexibility index (Phi) is 8.11. The molecule has 0 saturated heterocycles. The van der Waals surface area contributed by atoms with Gasteiger partial charge in [0.25, 0.3) is 0 Å². The molecule has 0 heterocycles. The van der Waals surface area contributed by atoms with Crippen LogP contribution in [0.1, 0.15) is 12.0 Å². The summed E-state index contributed by atoms with van der Waals surface area (Å²) in [6.07, 6.45) is 2.14. The number of carbonyl (C=O) groups is 1. The summed E-state index contributed by atoms with van der Waals surface area (Å²) >= 11 is 1.49. The summed E-state index contributed by atoms with van der Waals surface area (Å²) in [5.41, 5.74) is 0.872. The van der Waals surface area contributed by atoms with Crippen LogP contribution in [0, 0.1) is 5.82 Å². The second-order valence-corrected chi connectivity index (χ2v) is 9.82. The first-order valence-corrected chi connectivity index (χ1v) is 12.8. The Bertz CT molecular complexity index is 1200. The van der Waals surface area contributed by atoms with E-state index >= 15 is 0 Å². The summed E-state index contributed by atoms with van der Waals surface area (Å²) in [6, 6.07) is 15.6. The zero-order valence-electron chi connectivity index (χ0n) is 17.8. The van der Waals surface area contributed by atoms with Crippen molar-refractivity contribution >= 4 is 38.5 Å². The van der Waals surface area contributed by atoms with Gasteiger partial charge in [0.1, 0.15) is 22.5 Å². The second-order valence-electron chi connectivity index (χ2n) is 7.15. The van der Waals surface area contributed by atoms with Crippen molar-refractivity contribution in [2.75, 3.05) is 19.1 Å². The number of sulfonamides is 1. The third kappa shape index (κ3) is 5.99. The summed E-state index contributed by atoms with van der Waals surface area (Å²) in [5, 5.41) is 4.80. The largest absolute Gasteiger partial charge is 0.497 e. The molecule has 0 bridgehead atoms. The van der Waals surface area contributed by atoms with Gasteiger partial charge in [0, 0.05) is 6.54 Å². The average molecular weight is 477 g/mol. The van der Waals surface area contributed by atoms with Crippen LogP contribution in [-0.2, 0) is 21.4 Å². The van der Waals surface area contributed by atoms with Gasteiger partial charge in [-0.2, -0.15) is 16.5 Å². The number of thioether (sulfide) groups is 1. The van der Waals surface area contributed by atoms with E-state index in [1.54, 1.807) is 7.11 Å². The number of ether oxygens (including phenoxy) is 1. The number of amides is 1. The first-order chi connectivity index (χ1) is 15.3. The zero-order valence-corrected chi connectivity index (χ0v) is 19.4. The molecule has 9 heteroatoms. The maximum atomic E-state index is 14.0. The lowest BCUT2D eigenvalue weighted by atomic mass is 10.1. The highest BCUT2D eigenvalue weighted by Gasteiger charge is 2.27. The number of halogens is 1. The summed E-state index contributed by atoms with van der Waals surface area (Å²) in [7, 11) is -2.58. The van der Waals surface area contributed by atoms with Crippen molar-refractivity contribution in [2.24, 2.45) is 0 Å². The molecule has 3 aromatic rings. The number of nitrogens with one attached hydrogen (secondary N) is 2. The van der Waals surface area contributed by atoms with E-state index in [1.807, 2.05) is 42.7 Å². The lowest BCUT2D eigenvalue weighted by molar-refractivity contribution is -0.122. The zero-order chi connectivity index (χ0) is 23.1. The number of hydrogen-bond donors (Lipinski definition) is 2. The third-order valence-corrected chi connectivity index (χ3v) is 7.08. The van der Waals surface area contributed by atoms with E-state index in [-0.39, 0.29) is 13.0 Å². The van der Waals surface area contributed by atoms with Gasteiger partial charge in [-0.3, -0.25) is 4.79 Å². The predicted octanol–water partition coefficient (Wildman–Crippen LogP) is 3.70. The Labute approximate surface area is 191 Å². The molecule has 0 aromatic heterocycles. The van der Waals surface area contributed by atoms with Crippen LogP contribution < -0.4 is 14.8 Å². The normalized spacial score (nSPS) is 12.5. The molecule has 3 aromatic carbocycles. The van der Waals surface area contributed by atoms with E-state index in [4.69, 9.17) is 4.74 Å². The van der Waals surface area contributed by atoms with Crippen LogP contribution in [-0.4, -0.2) is 39.5 Å². The van der Waals surface area contributed by atoms with Crippen molar-refractivity contribution in [1.82, 2.24) is 10.0 Å². The number of rotatable bonds is 10. The van der Waals surface area contributed by atoms with E-state index in [0.717, 1.165) is 28.2 Å². The number of carbonyl (C=O) groups excluding carboxylic acids is 1. The van der Waals surface area contributed by atoms with Crippen molar-refractivity contribution in [1.29, 1.82) is 0 Å². The molecule has 170 valence electrons. The van der Waals surface area contributed by atoms with Crippen molar-refractivity contribution in [3.8, 4) is 5.75 Å². The van der Waals surface area contributed by atoms with Gasteiger partial charge in [0.05, 0.1) is 7.11 Å². The third-order valence-electron chi connectivity index (χ3n) is 4.93. The molecule has 1 unspecified atom stereocenters. The fourth-order valence-electron chi connectivity index (χ4n) is 3.22. The Morgan fingerprint density at radius 3 is 2.53 bits per heavy atom. The van der Waals surface area contributed by atoms with Crippen LogP contribution in [0.15, 0.2) is 65.6 Å². The fourth-order valence-corrected chi connectivity index (χ4v) is 5.00. The van der Waals surface area contributed by atoms with Gasteiger partial charge in [0.2, 0.25) is 15.9 Å². The maximum Gasteiger partial charge on any atom is 0.244 e. The van der Waals surface area contributed by atoms with Gasteiger partial charge in [-0.1, -0.05) is 30.3 Å². The number of methoxy groups -OCH3 is 1. The molecule has 0 aliphatic heterocycles. The summed E-state index contributed by atoms with van der Waals surface area (Å²) in [5.74, 6) is -0.00156. The molecule has 0 spiro atoms. The molecule has 1 atom stereocenters. The molecule has 2 N–H and O–H groups in total. The van der Waals surface area contributed by atoms with Crippen LogP contribution in [0.2, 0.25) is 0 Å². The van der Waals surface area contributed by atoms with Gasteiger partial charge in [-0.25, -0.2) is 12.8 Å². The van der Waals surface area contributed by atoms with E-state index in [1.165, 1.54) is 30.0 Å². The van der Waals surface area contributed by atoms with Crippen LogP contribution in [0.4, 0.5) is 4.39 Å². The first kappa shape index (κ1) is 24.0. The number of fused-ring (bicyclic) bond motifs is 1. The monoisotopic (exact) mass is 476 g/mol. The second kappa shape index (κ2) is 10.8. The molecule has 0 aliphatic carbocycles. The molecule has 0 fully saturated rings. The Morgan fingerprint density at radius 2 is 1.81 bits per heavy atom. The van der Waals surface area contributed by atoms with Gasteiger partial charge in [0.15, 0.2) is 0 Å². The minimum Gasteiger partial charge on any atom is -0.497 e. The molecule has 0 aliphatic rings. The van der Waals surface area contributed by atoms with E-state index in [0.29, 0.717) is 5.75 Å². The Morgan fingerprint density at radius 1 is 1.09 bits per heavy atom. The highest BCUT2D eigenvalue weighted by molar-refractivity contribution is 7.98. The summed E-state index contributed by atoms with van der Waals surface area (Å²) in [6.45, 7) is 0.234. The first-order valence-electron chi connectivity index (χ1n) is 9.94. The molecule has 32 heavy (non-hydrogen) atoms. The minimum atomic E-state index is -4.19.